The van der Waals surface area contributed by atoms with E-state index in [0.29, 0.717) is 58.5 Å². The number of benzene rings is 1. The molecule has 4 aromatic heterocycles. The van der Waals surface area contributed by atoms with Crippen LogP contribution in [0.5, 0.6) is 5.75 Å². The van der Waals surface area contributed by atoms with Crippen LogP contribution in [-0.4, -0.2) is 66.0 Å². The summed E-state index contributed by atoms with van der Waals surface area (Å²) in [5.41, 5.74) is 2.65. The Morgan fingerprint density at radius 2 is 2.00 bits per heavy atom. The van der Waals surface area contributed by atoms with Crippen LogP contribution in [0.1, 0.15) is 41.4 Å². The van der Waals surface area contributed by atoms with Crippen LogP contribution in [0.4, 0.5) is 20.3 Å². The fraction of sp³-hybridized carbons (Fsp3) is 0.250. The Kier molecular flexibility index (Phi) is 6.69. The number of anilines is 2. The zero-order chi connectivity index (χ0) is 29.5. The van der Waals surface area contributed by atoms with E-state index in [-0.39, 0.29) is 28.9 Å². The number of aryl methyl sites for hydroxylation is 1. The lowest BCUT2D eigenvalue weighted by Crippen LogP contribution is -2.22. The Balaban J connectivity index is 1.34. The van der Waals surface area contributed by atoms with E-state index in [1.54, 1.807) is 47.7 Å². The molecule has 1 aromatic carbocycles. The topological polar surface area (TPSA) is 140 Å². The Hall–Kier alpha value is -5.45. The summed E-state index contributed by atoms with van der Waals surface area (Å²) in [6, 6.07) is 13.2. The fourth-order valence-corrected chi connectivity index (χ4v) is 4.98. The average molecular weight is 571 g/mol. The van der Waals surface area contributed by atoms with Crippen molar-refractivity contribution in [3.63, 3.8) is 0 Å². The first-order chi connectivity index (χ1) is 20.3. The molecule has 5 heterocycles. The van der Waals surface area contributed by atoms with E-state index in [2.05, 4.69) is 30.6 Å². The van der Waals surface area contributed by atoms with Gasteiger partial charge in [0, 0.05) is 25.4 Å². The van der Waals surface area contributed by atoms with Crippen LogP contribution in [0, 0.1) is 18.3 Å². The number of carbonyl (C=O) groups excluding carboxylic acids is 1. The summed E-state index contributed by atoms with van der Waals surface area (Å²) >= 11 is 0. The maximum atomic E-state index is 13.9. The highest BCUT2D eigenvalue weighted by Gasteiger charge is 2.31. The number of alkyl halides is 2. The molecule has 0 radical (unpaired) electrons. The second-order valence-corrected chi connectivity index (χ2v) is 9.80. The van der Waals surface area contributed by atoms with Crippen LogP contribution >= 0.6 is 0 Å². The molecule has 1 atom stereocenters. The summed E-state index contributed by atoms with van der Waals surface area (Å²) in [6.07, 6.45) is -0.572. The lowest BCUT2D eigenvalue weighted by molar-refractivity contribution is -0.127. The maximum absolute atomic E-state index is 13.9. The number of pyridine rings is 1. The second kappa shape index (κ2) is 10.5. The molecule has 0 bridgehead atoms. The molecule has 1 fully saturated rings. The van der Waals surface area contributed by atoms with Gasteiger partial charge in [-0.25, -0.2) is 23.4 Å². The summed E-state index contributed by atoms with van der Waals surface area (Å²) in [7, 11) is 3.29. The third-order valence-corrected chi connectivity index (χ3v) is 7.18. The molecule has 6 rings (SSSR count). The van der Waals surface area contributed by atoms with Crippen molar-refractivity contribution in [3.05, 3.63) is 71.4 Å². The number of halogens is 2. The number of amides is 1. The predicted molar refractivity (Wildman–Crippen MR) is 147 cm³/mol. The number of methoxy groups -OCH3 is 1. The first-order valence-corrected chi connectivity index (χ1v) is 12.9. The molecular weight excluding hydrogens is 546 g/mol. The second-order valence-electron chi connectivity index (χ2n) is 9.80. The molecule has 1 amide bonds. The molecule has 1 saturated heterocycles. The molecule has 212 valence electrons. The number of likely N-dealkylation sites (N-methyl/N-ethyl adjacent to an activating group) is 1. The highest BCUT2D eigenvalue weighted by atomic mass is 19.3. The first-order valence-electron chi connectivity index (χ1n) is 12.9. The number of imidazole rings is 1. The van der Waals surface area contributed by atoms with Gasteiger partial charge in [-0.3, -0.25) is 9.36 Å². The van der Waals surface area contributed by atoms with Gasteiger partial charge >= 0.3 is 0 Å². The predicted octanol–water partition coefficient (Wildman–Crippen LogP) is 4.21. The molecule has 14 heteroatoms. The number of aromatic nitrogens is 7. The lowest BCUT2D eigenvalue weighted by Gasteiger charge is -2.14. The standard InChI is InChI=1S/C28H24F2N10O2/c1-15-10-16(13-31)37-40(15)27-18(26(29)30)4-7-25(34-27)39-14-32-20-11-21(23(42-3)12-22(20)39)33-24-6-5-19(35-36-24)17-8-9-38(2)28(17)41/h4-7,10-12,14,17,26H,8-9H2,1-3H3,(H,33,36)/t17-/m1/s1. The van der Waals surface area contributed by atoms with Gasteiger partial charge in [0.2, 0.25) is 5.91 Å². The molecule has 1 N–H and O–H groups in total. The van der Waals surface area contributed by atoms with E-state index in [4.69, 9.17) is 4.74 Å². The van der Waals surface area contributed by atoms with Crippen molar-refractivity contribution in [1.29, 1.82) is 5.26 Å². The normalized spacial score (nSPS) is 15.0. The molecule has 12 nitrogen and oxygen atoms in total. The van der Waals surface area contributed by atoms with E-state index < -0.39 is 6.43 Å². The van der Waals surface area contributed by atoms with Gasteiger partial charge in [-0.05, 0) is 49.7 Å². The smallest absolute Gasteiger partial charge is 0.267 e. The van der Waals surface area contributed by atoms with Crippen LogP contribution in [0.15, 0.2) is 48.8 Å². The van der Waals surface area contributed by atoms with Crippen LogP contribution in [0.3, 0.4) is 0 Å². The Morgan fingerprint density at radius 3 is 2.64 bits per heavy atom. The van der Waals surface area contributed by atoms with Crippen molar-refractivity contribution >= 4 is 28.4 Å². The number of rotatable bonds is 7. The third-order valence-electron chi connectivity index (χ3n) is 7.18. The fourth-order valence-electron chi connectivity index (χ4n) is 4.98. The monoisotopic (exact) mass is 570 g/mol. The highest BCUT2D eigenvalue weighted by molar-refractivity contribution is 5.86. The molecule has 0 spiro atoms. The van der Waals surface area contributed by atoms with Gasteiger partial charge in [-0.15, -0.1) is 5.10 Å². The number of ether oxygens (including phenoxy) is 1. The van der Waals surface area contributed by atoms with Crippen LogP contribution in [0.2, 0.25) is 0 Å². The number of fused-ring (bicyclic) bond motifs is 1. The lowest BCUT2D eigenvalue weighted by atomic mass is 10.0. The van der Waals surface area contributed by atoms with Crippen LogP contribution in [0.25, 0.3) is 22.7 Å². The Labute approximate surface area is 238 Å². The molecule has 5 aromatic rings. The number of hydrogen-bond donors (Lipinski definition) is 1. The number of nitrogens with one attached hydrogen (secondary N) is 1. The minimum absolute atomic E-state index is 0.0323. The number of likely N-dealkylation sites (tertiary alicyclic amines) is 1. The highest BCUT2D eigenvalue weighted by Crippen LogP contribution is 2.34. The zero-order valence-corrected chi connectivity index (χ0v) is 22.8. The summed E-state index contributed by atoms with van der Waals surface area (Å²) in [4.78, 5) is 23.0. The minimum atomic E-state index is -2.80. The number of nitrogens with zero attached hydrogens (tertiary/aromatic N) is 9. The van der Waals surface area contributed by atoms with Gasteiger partial charge in [0.15, 0.2) is 17.3 Å². The van der Waals surface area contributed by atoms with Crippen molar-refractivity contribution in [2.45, 2.75) is 25.7 Å². The van der Waals surface area contributed by atoms with E-state index in [1.807, 2.05) is 6.07 Å². The van der Waals surface area contributed by atoms with Gasteiger partial charge in [0.25, 0.3) is 6.43 Å². The van der Waals surface area contributed by atoms with Crippen LogP contribution in [-0.2, 0) is 4.79 Å². The van der Waals surface area contributed by atoms with Gasteiger partial charge in [-0.2, -0.15) is 15.5 Å². The molecule has 0 saturated carbocycles. The molecule has 42 heavy (non-hydrogen) atoms. The molecule has 1 aliphatic rings. The summed E-state index contributed by atoms with van der Waals surface area (Å²) in [5.74, 6) is 0.900. The van der Waals surface area contributed by atoms with Gasteiger partial charge in [0.05, 0.1) is 41.0 Å². The van der Waals surface area contributed by atoms with Gasteiger partial charge < -0.3 is 15.0 Å². The molecule has 0 unspecified atom stereocenters. The van der Waals surface area contributed by atoms with E-state index >= 15 is 0 Å². The summed E-state index contributed by atoms with van der Waals surface area (Å²) in [6.45, 7) is 2.35. The maximum Gasteiger partial charge on any atom is 0.267 e. The number of nitriles is 1. The quantitative estimate of drug-likeness (QED) is 0.305. The van der Waals surface area contributed by atoms with Crippen molar-refractivity contribution in [2.75, 3.05) is 26.0 Å². The summed E-state index contributed by atoms with van der Waals surface area (Å²) in [5, 5.41) is 25.0. The third kappa shape index (κ3) is 4.64. The first kappa shape index (κ1) is 26.8. The largest absolute Gasteiger partial charge is 0.494 e. The van der Waals surface area contributed by atoms with Gasteiger partial charge in [0.1, 0.15) is 24.0 Å². The number of hydrogen-bond acceptors (Lipinski definition) is 9. The van der Waals surface area contributed by atoms with E-state index in [0.717, 1.165) is 0 Å². The molecular formula is C28H24F2N10O2. The molecule has 1 aliphatic heterocycles. The average Bonchev–Trinajstić information content (AvgIpc) is 3.68. The SMILES string of the molecule is COc1cc2c(cc1Nc1ccc([C@H]3CCN(C)C3=O)nn1)ncn2-c1ccc(C(F)F)c(-n2nc(C#N)cc2C)n1. The minimum Gasteiger partial charge on any atom is -0.494 e. The van der Waals surface area contributed by atoms with Crippen LogP contribution < -0.4 is 10.1 Å². The van der Waals surface area contributed by atoms with Crippen molar-refractivity contribution < 1.29 is 18.3 Å². The molecule has 0 aliphatic carbocycles. The Bertz CT molecular complexity index is 1860. The van der Waals surface area contributed by atoms with Crippen molar-refractivity contribution in [2.24, 2.45) is 0 Å². The van der Waals surface area contributed by atoms with E-state index in [1.165, 1.54) is 36.3 Å². The van der Waals surface area contributed by atoms with Gasteiger partial charge in [-0.1, -0.05) is 0 Å². The van der Waals surface area contributed by atoms with E-state index in [9.17, 15) is 18.8 Å². The summed E-state index contributed by atoms with van der Waals surface area (Å²) < 4.78 is 36.3. The Morgan fingerprint density at radius 1 is 1.17 bits per heavy atom. The van der Waals surface area contributed by atoms with Crippen molar-refractivity contribution in [3.8, 4) is 23.5 Å². The zero-order valence-electron chi connectivity index (χ0n) is 22.8. The van der Waals surface area contributed by atoms with Crippen molar-refractivity contribution in [1.82, 2.24) is 39.4 Å². The number of carbonyl (C=O) groups is 1.